The van der Waals surface area contributed by atoms with E-state index in [0.717, 1.165) is 5.75 Å². The fourth-order valence-electron chi connectivity index (χ4n) is 0.192. The number of rotatable bonds is 0. The van der Waals surface area contributed by atoms with Gasteiger partial charge in [-0.2, -0.15) is 0 Å². The first kappa shape index (κ1) is 3.34. The van der Waals surface area contributed by atoms with Crippen molar-refractivity contribution < 1.29 is 4.21 Å². The van der Waals surface area contributed by atoms with Crippen LogP contribution in [0.1, 0.15) is 6.92 Å². The van der Waals surface area contributed by atoms with Crippen LogP contribution in [0, 0.1) is 0 Å². The number of hydrogen-bond acceptors (Lipinski definition) is 1. The van der Waals surface area contributed by atoms with Gasteiger partial charge in [0.1, 0.15) is 0 Å². The quantitative estimate of drug-likeness (QED) is 0.387. The molecule has 0 N–H and O–H groups in total. The molecule has 0 aromatic heterocycles. The Bertz CT molecular complexity index is 69.3. The van der Waals surface area contributed by atoms with Crippen LogP contribution < -0.4 is 0 Å². The molecule has 0 amide bonds. The van der Waals surface area contributed by atoms with Crippen molar-refractivity contribution in [3.8, 4) is 0 Å². The van der Waals surface area contributed by atoms with Crippen molar-refractivity contribution in [3.05, 3.63) is 0 Å². The van der Waals surface area contributed by atoms with Gasteiger partial charge in [0, 0.05) is 21.8 Å². The van der Waals surface area contributed by atoms with Gasteiger partial charge in [0.2, 0.25) is 0 Å². The van der Waals surface area contributed by atoms with E-state index in [4.69, 9.17) is 0 Å². The van der Waals surface area contributed by atoms with Crippen molar-refractivity contribution >= 4 is 10.8 Å². The molecule has 1 aliphatic heterocycles. The van der Waals surface area contributed by atoms with Crippen LogP contribution >= 0.6 is 0 Å². The van der Waals surface area contributed by atoms with E-state index in [2.05, 4.69) is 0 Å². The van der Waals surface area contributed by atoms with Gasteiger partial charge in [0.05, 0.1) is 0 Å². The zero-order valence-electron chi connectivity index (χ0n) is 3.10. The first-order valence-corrected chi connectivity index (χ1v) is 3.06. The summed E-state index contributed by atoms with van der Waals surface area (Å²) >= 11 is 0. The number of hydrogen-bond donors (Lipinski definition) is 0. The third kappa shape index (κ3) is 0.507. The van der Waals surface area contributed by atoms with Crippen molar-refractivity contribution in [3.63, 3.8) is 0 Å². The molecule has 0 spiro atoms. The van der Waals surface area contributed by atoms with Gasteiger partial charge in [-0.25, -0.2) is 0 Å². The van der Waals surface area contributed by atoms with Crippen LogP contribution in [-0.2, 0) is 10.8 Å². The van der Waals surface area contributed by atoms with Gasteiger partial charge in [-0.05, 0) is 6.92 Å². The topological polar surface area (TPSA) is 17.1 Å². The molecule has 0 aromatic carbocycles. The second-order valence-corrected chi connectivity index (χ2v) is 3.26. The Morgan fingerprint density at radius 3 is 2.20 bits per heavy atom. The molecule has 2 atom stereocenters. The van der Waals surface area contributed by atoms with Gasteiger partial charge in [-0.1, -0.05) is 0 Å². The molecule has 1 rings (SSSR count). The fraction of sp³-hybridized carbons (Fsp3) is 1.00. The van der Waals surface area contributed by atoms with E-state index in [1.165, 1.54) is 0 Å². The Kier molecular flexibility index (Phi) is 0.539. The van der Waals surface area contributed by atoms with Crippen molar-refractivity contribution in [1.82, 2.24) is 0 Å². The summed E-state index contributed by atoms with van der Waals surface area (Å²) < 4.78 is 10.00. The molecule has 0 aromatic rings. The van der Waals surface area contributed by atoms with E-state index in [1.54, 1.807) is 0 Å². The van der Waals surface area contributed by atoms with Crippen LogP contribution in [0.3, 0.4) is 0 Å². The van der Waals surface area contributed by atoms with E-state index >= 15 is 0 Å². The lowest BCUT2D eigenvalue weighted by Gasteiger charge is -1.52. The maximum atomic E-state index is 10.00. The van der Waals surface area contributed by atoms with Crippen LogP contribution in [0.15, 0.2) is 0 Å². The van der Waals surface area contributed by atoms with Gasteiger partial charge >= 0.3 is 0 Å². The highest BCUT2D eigenvalue weighted by Crippen LogP contribution is 2.12. The summed E-state index contributed by atoms with van der Waals surface area (Å²) in [5, 5.41) is 0.523. The SMILES string of the molecule is C[C@H]1CS1=O. The summed E-state index contributed by atoms with van der Waals surface area (Å²) in [5.74, 6) is 0.944. The summed E-state index contributed by atoms with van der Waals surface area (Å²) in [6.45, 7) is 2.00. The highest BCUT2D eigenvalue weighted by atomic mass is 32.2. The molecule has 0 bridgehead atoms. The molecule has 2 heteroatoms. The molecule has 1 unspecified atom stereocenters. The minimum absolute atomic E-state index is 0.406. The maximum Gasteiger partial charge on any atom is 0.0435 e. The predicted octanol–water partition coefficient (Wildman–Crippen LogP) is 0.137. The third-order valence-corrected chi connectivity index (χ3v) is 2.20. The Morgan fingerprint density at radius 2 is 2.20 bits per heavy atom. The maximum absolute atomic E-state index is 10.00. The fourth-order valence-corrected chi connectivity index (χ4v) is 0.743. The van der Waals surface area contributed by atoms with Crippen molar-refractivity contribution in [2.45, 2.75) is 12.2 Å². The van der Waals surface area contributed by atoms with Crippen molar-refractivity contribution in [2.75, 3.05) is 5.75 Å². The van der Waals surface area contributed by atoms with Gasteiger partial charge in [-0.15, -0.1) is 0 Å². The van der Waals surface area contributed by atoms with E-state index in [1.807, 2.05) is 6.92 Å². The molecule has 1 heterocycles. The van der Waals surface area contributed by atoms with Crippen molar-refractivity contribution in [1.29, 1.82) is 0 Å². The largest absolute Gasteiger partial charge is 0.259 e. The smallest absolute Gasteiger partial charge is 0.0435 e. The third-order valence-electron chi connectivity index (χ3n) is 0.732. The van der Waals surface area contributed by atoms with E-state index in [-0.39, 0.29) is 0 Å². The second-order valence-electron chi connectivity index (χ2n) is 1.36. The van der Waals surface area contributed by atoms with E-state index < -0.39 is 10.8 Å². The van der Waals surface area contributed by atoms with Gasteiger partial charge < -0.3 is 0 Å². The Balaban J connectivity index is 2.47. The first-order valence-electron chi connectivity index (χ1n) is 1.68. The molecule has 1 saturated heterocycles. The molecule has 1 nitrogen and oxygen atoms in total. The lowest BCUT2D eigenvalue weighted by Crippen LogP contribution is -1.63. The first-order chi connectivity index (χ1) is 2.30. The van der Waals surface area contributed by atoms with Gasteiger partial charge in [-0.3, -0.25) is 4.21 Å². The minimum Gasteiger partial charge on any atom is -0.259 e. The lowest BCUT2D eigenvalue weighted by atomic mass is 10.6. The van der Waals surface area contributed by atoms with Crippen LogP contribution in [0.4, 0.5) is 0 Å². The molecular weight excluding hydrogens is 84.1 g/mol. The molecule has 1 fully saturated rings. The molecule has 30 valence electrons. The van der Waals surface area contributed by atoms with Gasteiger partial charge in [0.15, 0.2) is 0 Å². The van der Waals surface area contributed by atoms with Crippen LogP contribution in [0.25, 0.3) is 0 Å². The second kappa shape index (κ2) is 0.805. The van der Waals surface area contributed by atoms with E-state index in [9.17, 15) is 4.21 Å². The molecule has 0 radical (unpaired) electrons. The summed E-state index contributed by atoms with van der Waals surface area (Å²) in [6.07, 6.45) is 0. The predicted molar refractivity (Wildman–Crippen MR) is 22.5 cm³/mol. The molecule has 1 aliphatic rings. The van der Waals surface area contributed by atoms with Crippen LogP contribution in [0.2, 0.25) is 0 Å². The highest BCUT2D eigenvalue weighted by Gasteiger charge is 2.26. The summed E-state index contributed by atoms with van der Waals surface area (Å²) in [5.41, 5.74) is 0. The standard InChI is InChI=1S/C3H6OS/c1-3-2-5(3)4/h3H,2H2,1H3/t3-,5?/m0/s1. The Morgan fingerprint density at radius 1 is 2.00 bits per heavy atom. The Hall–Kier alpha value is 0.150. The zero-order valence-corrected chi connectivity index (χ0v) is 3.92. The van der Waals surface area contributed by atoms with E-state index in [0.29, 0.717) is 5.25 Å². The minimum atomic E-state index is -0.406. The monoisotopic (exact) mass is 90.0 g/mol. The average molecular weight is 90.1 g/mol. The van der Waals surface area contributed by atoms with Crippen LogP contribution in [-0.4, -0.2) is 15.2 Å². The Labute approximate surface area is 33.8 Å². The summed E-state index contributed by atoms with van der Waals surface area (Å²) in [6, 6.07) is 0. The lowest BCUT2D eigenvalue weighted by molar-refractivity contribution is 0.693. The van der Waals surface area contributed by atoms with Crippen LogP contribution in [0.5, 0.6) is 0 Å². The summed E-state index contributed by atoms with van der Waals surface area (Å²) in [7, 11) is -0.406. The molecule has 0 aliphatic carbocycles. The van der Waals surface area contributed by atoms with Gasteiger partial charge in [0.25, 0.3) is 0 Å². The highest BCUT2D eigenvalue weighted by molar-refractivity contribution is 7.92. The van der Waals surface area contributed by atoms with Crippen molar-refractivity contribution in [2.24, 2.45) is 0 Å². The summed E-state index contributed by atoms with van der Waals surface area (Å²) in [4.78, 5) is 0. The zero-order chi connectivity index (χ0) is 3.86. The molecule has 5 heavy (non-hydrogen) atoms. The molecule has 0 saturated carbocycles. The molecular formula is C3H6OS. The average Bonchev–Trinajstić information content (AvgIpc) is 1.79. The normalized spacial score (nSPS) is 49.0.